The Morgan fingerprint density at radius 1 is 0.788 bits per heavy atom. The Morgan fingerprint density at radius 2 is 1.21 bits per heavy atom. The first-order chi connectivity index (χ1) is 15.5. The highest BCUT2D eigenvalue weighted by atomic mass is 32.2. The van der Waals surface area contributed by atoms with E-state index < -0.39 is 47.9 Å². The first-order valence-electron chi connectivity index (χ1n) is 11.4. The van der Waals surface area contributed by atoms with Crippen molar-refractivity contribution < 1.29 is 24.3 Å². The molecule has 3 amide bonds. The van der Waals surface area contributed by atoms with Crippen LogP contribution in [0.4, 0.5) is 0 Å². The smallest absolute Gasteiger partial charge is 0.326 e. The lowest BCUT2D eigenvalue weighted by molar-refractivity contribution is -0.142. The number of nitrogens with one attached hydrogen (secondary N) is 3. The number of carboxylic acid groups (broad SMARTS) is 1. The van der Waals surface area contributed by atoms with Crippen LogP contribution in [0.15, 0.2) is 0 Å². The van der Waals surface area contributed by atoms with Crippen LogP contribution < -0.4 is 21.7 Å². The summed E-state index contributed by atoms with van der Waals surface area (Å²) in [5.74, 6) is -1.66. The number of nitrogens with two attached hydrogens (primary N) is 1. The zero-order valence-electron chi connectivity index (χ0n) is 20.7. The van der Waals surface area contributed by atoms with Crippen LogP contribution in [-0.4, -0.2) is 77.0 Å². The fourth-order valence-electron chi connectivity index (χ4n) is 3.04. The molecule has 0 radical (unpaired) electrons. The van der Waals surface area contributed by atoms with Gasteiger partial charge < -0.3 is 26.8 Å². The molecule has 9 nitrogen and oxygen atoms in total. The minimum atomic E-state index is -1.12. The molecule has 0 unspecified atom stereocenters. The second-order valence-electron chi connectivity index (χ2n) is 8.31. The number of thioether (sulfide) groups is 2. The van der Waals surface area contributed by atoms with Crippen molar-refractivity contribution in [3.8, 4) is 0 Å². The zero-order valence-corrected chi connectivity index (χ0v) is 22.3. The highest BCUT2D eigenvalue weighted by molar-refractivity contribution is 7.98. The fraction of sp³-hybridized carbons (Fsp3) is 0.818. The number of amides is 3. The van der Waals surface area contributed by atoms with Crippen LogP contribution in [0.2, 0.25) is 0 Å². The molecule has 0 saturated carbocycles. The lowest BCUT2D eigenvalue weighted by atomic mass is 9.94. The van der Waals surface area contributed by atoms with Gasteiger partial charge in [-0.05, 0) is 48.7 Å². The van der Waals surface area contributed by atoms with Gasteiger partial charge in [0.15, 0.2) is 0 Å². The van der Waals surface area contributed by atoms with E-state index in [-0.39, 0.29) is 18.3 Å². The van der Waals surface area contributed by atoms with Gasteiger partial charge in [0.05, 0.1) is 6.04 Å². The molecule has 0 saturated heterocycles. The number of carbonyl (C=O) groups is 4. The normalized spacial score (nSPS) is 16.6. The summed E-state index contributed by atoms with van der Waals surface area (Å²) in [5, 5.41) is 17.5. The van der Waals surface area contributed by atoms with E-state index in [4.69, 9.17) is 5.73 Å². The third-order valence-corrected chi connectivity index (χ3v) is 7.07. The molecule has 6 atom stereocenters. The molecule has 6 N–H and O–H groups in total. The highest BCUT2D eigenvalue weighted by Crippen LogP contribution is 2.13. The lowest BCUT2D eigenvalue weighted by Gasteiger charge is -2.30. The molecule has 11 heteroatoms. The highest BCUT2D eigenvalue weighted by Gasteiger charge is 2.34. The van der Waals surface area contributed by atoms with Crippen molar-refractivity contribution in [1.82, 2.24) is 16.0 Å². The molecule has 0 aromatic carbocycles. The van der Waals surface area contributed by atoms with E-state index in [2.05, 4.69) is 16.0 Å². The molecule has 0 aromatic heterocycles. The van der Waals surface area contributed by atoms with E-state index in [0.717, 1.165) is 5.75 Å². The van der Waals surface area contributed by atoms with Crippen LogP contribution in [0.3, 0.4) is 0 Å². The van der Waals surface area contributed by atoms with Crippen LogP contribution in [0.25, 0.3) is 0 Å². The van der Waals surface area contributed by atoms with Crippen molar-refractivity contribution in [1.29, 1.82) is 0 Å². The van der Waals surface area contributed by atoms with Gasteiger partial charge in [0.1, 0.15) is 18.1 Å². The largest absolute Gasteiger partial charge is 0.480 e. The van der Waals surface area contributed by atoms with Crippen LogP contribution in [0, 0.1) is 11.8 Å². The minimum Gasteiger partial charge on any atom is -0.480 e. The Hall–Kier alpha value is -1.46. The second kappa shape index (κ2) is 17.0. The van der Waals surface area contributed by atoms with Gasteiger partial charge >= 0.3 is 5.97 Å². The molecule has 0 aromatic rings. The molecular weight excluding hydrogens is 464 g/mol. The van der Waals surface area contributed by atoms with E-state index in [9.17, 15) is 24.3 Å². The third-order valence-electron chi connectivity index (χ3n) is 5.78. The molecular formula is C22H42N4O5S2. The lowest BCUT2D eigenvalue weighted by Crippen LogP contribution is -2.60. The summed E-state index contributed by atoms with van der Waals surface area (Å²) in [6.07, 6.45) is 5.79. The molecule has 0 aliphatic rings. The number of hydrogen-bond donors (Lipinski definition) is 5. The van der Waals surface area contributed by atoms with Crippen molar-refractivity contribution in [2.24, 2.45) is 17.6 Å². The molecule has 0 aliphatic carbocycles. The first kappa shape index (κ1) is 31.5. The van der Waals surface area contributed by atoms with Gasteiger partial charge in [-0.2, -0.15) is 23.5 Å². The van der Waals surface area contributed by atoms with Crippen LogP contribution in [-0.2, 0) is 19.2 Å². The first-order valence-corrected chi connectivity index (χ1v) is 14.2. The number of aliphatic carboxylic acids is 1. The molecule has 0 aliphatic heterocycles. The molecule has 0 fully saturated rings. The average Bonchev–Trinajstić information content (AvgIpc) is 2.79. The summed E-state index contributed by atoms with van der Waals surface area (Å²) in [7, 11) is 0. The molecule has 192 valence electrons. The molecule has 0 heterocycles. The maximum atomic E-state index is 13.2. The zero-order chi connectivity index (χ0) is 25.6. The summed E-state index contributed by atoms with van der Waals surface area (Å²) in [5.41, 5.74) is 5.96. The van der Waals surface area contributed by atoms with Gasteiger partial charge in [-0.3, -0.25) is 14.4 Å². The van der Waals surface area contributed by atoms with Crippen molar-refractivity contribution in [2.45, 2.75) is 77.5 Å². The predicted molar refractivity (Wildman–Crippen MR) is 136 cm³/mol. The summed E-state index contributed by atoms with van der Waals surface area (Å²) >= 11 is 3.08. The summed E-state index contributed by atoms with van der Waals surface area (Å²) < 4.78 is 0. The van der Waals surface area contributed by atoms with E-state index in [1.54, 1.807) is 11.8 Å². The molecule has 0 spiro atoms. The number of hydrogen-bond acceptors (Lipinski definition) is 7. The predicted octanol–water partition coefficient (Wildman–Crippen LogP) is 1.45. The van der Waals surface area contributed by atoms with Gasteiger partial charge in [-0.25, -0.2) is 4.79 Å². The number of carbonyl (C=O) groups excluding carboxylic acids is 3. The van der Waals surface area contributed by atoms with Gasteiger partial charge in [-0.1, -0.05) is 40.5 Å². The second-order valence-corrected chi connectivity index (χ2v) is 10.3. The van der Waals surface area contributed by atoms with Crippen LogP contribution in [0.1, 0.15) is 53.4 Å². The summed E-state index contributed by atoms with van der Waals surface area (Å²) in [6.45, 7) is 7.46. The van der Waals surface area contributed by atoms with E-state index in [0.29, 0.717) is 25.0 Å². The monoisotopic (exact) mass is 506 g/mol. The number of rotatable bonds is 17. The van der Waals surface area contributed by atoms with Crippen molar-refractivity contribution in [3.05, 3.63) is 0 Å². The Morgan fingerprint density at radius 3 is 1.64 bits per heavy atom. The third kappa shape index (κ3) is 11.5. The van der Waals surface area contributed by atoms with E-state index >= 15 is 0 Å². The van der Waals surface area contributed by atoms with Crippen molar-refractivity contribution in [3.63, 3.8) is 0 Å². The van der Waals surface area contributed by atoms with Gasteiger partial charge in [0.2, 0.25) is 17.7 Å². The standard InChI is InChI=1S/C22H42N4O5S2/c1-7-13(3)17(20(28)24-16(22(30)31)10-12-33-6)26-21(29)18(14(4)8-2)25-19(27)15(23)9-11-32-5/h13-18H,7-12,23H2,1-6H3,(H,24,28)(H,25,27)(H,26,29)(H,30,31)/t13-,14-,15-,16-,17-,18-/m0/s1. The van der Waals surface area contributed by atoms with Crippen LogP contribution >= 0.6 is 23.5 Å². The molecule has 0 rings (SSSR count). The van der Waals surface area contributed by atoms with E-state index in [1.807, 2.05) is 40.2 Å². The quantitative estimate of drug-likeness (QED) is 0.199. The molecule has 33 heavy (non-hydrogen) atoms. The van der Waals surface area contributed by atoms with Gasteiger partial charge in [-0.15, -0.1) is 0 Å². The summed E-state index contributed by atoms with van der Waals surface area (Å²) in [4.78, 5) is 50.2. The Kier molecular flexibility index (Phi) is 16.3. The topological polar surface area (TPSA) is 151 Å². The van der Waals surface area contributed by atoms with Crippen LogP contribution in [0.5, 0.6) is 0 Å². The average molecular weight is 507 g/mol. The minimum absolute atomic E-state index is 0.185. The van der Waals surface area contributed by atoms with E-state index in [1.165, 1.54) is 11.8 Å². The SMILES string of the molecule is CC[C@H](C)[C@H](NC(=O)[C@@H](NC(=O)[C@@H](N)CCSC)[C@@H](C)CC)C(=O)N[C@@H](CCSC)C(=O)O. The summed E-state index contributed by atoms with van der Waals surface area (Å²) in [6, 6.07) is -3.53. The molecule has 0 bridgehead atoms. The van der Waals surface area contributed by atoms with Crippen molar-refractivity contribution >= 4 is 47.2 Å². The maximum Gasteiger partial charge on any atom is 0.326 e. The Labute approximate surface area is 206 Å². The Bertz CT molecular complexity index is 638. The Balaban J connectivity index is 5.51. The van der Waals surface area contributed by atoms with Gasteiger partial charge in [0, 0.05) is 0 Å². The number of carboxylic acids is 1. The fourth-order valence-corrected chi connectivity index (χ4v) is 4.00. The van der Waals surface area contributed by atoms with Gasteiger partial charge in [0.25, 0.3) is 0 Å². The van der Waals surface area contributed by atoms with Crippen molar-refractivity contribution in [2.75, 3.05) is 24.0 Å². The maximum absolute atomic E-state index is 13.2.